The van der Waals surface area contributed by atoms with E-state index in [1.807, 2.05) is 62.4 Å². The fraction of sp³-hybridized carbons (Fsp3) is 0.176. The minimum Gasteiger partial charge on any atom is -0.483 e. The number of carbonyl (C=O) groups excluding carboxylic acids is 1. The molecule has 0 saturated heterocycles. The topological polar surface area (TPSA) is 50.7 Å². The molecule has 22 heavy (non-hydrogen) atoms. The Hall–Kier alpha value is -2.14. The van der Waals surface area contributed by atoms with Gasteiger partial charge in [0.25, 0.3) is 5.91 Å². The average molecular weight is 361 g/mol. The van der Waals surface area contributed by atoms with Gasteiger partial charge >= 0.3 is 0 Å². The van der Waals surface area contributed by atoms with Crippen molar-refractivity contribution in [3.8, 4) is 5.75 Å². The van der Waals surface area contributed by atoms with Crippen LogP contribution in [0.15, 0.2) is 58.1 Å². The standard InChI is InChI=1S/C17H17BrN2O2/c1-12-10-15(18)8-9-16(12)22-11-17(21)20-19-13(2)14-6-4-3-5-7-14/h3-10H,11H2,1-2H3,(H,20,21). The number of aryl methyl sites for hydroxylation is 1. The summed E-state index contributed by atoms with van der Waals surface area (Å²) in [6, 6.07) is 15.3. The van der Waals surface area contributed by atoms with Crippen LogP contribution in [0, 0.1) is 6.92 Å². The van der Waals surface area contributed by atoms with Gasteiger partial charge < -0.3 is 4.74 Å². The molecule has 0 radical (unpaired) electrons. The number of halogens is 1. The van der Waals surface area contributed by atoms with Crippen LogP contribution in [-0.2, 0) is 4.79 Å². The first-order chi connectivity index (χ1) is 10.6. The highest BCUT2D eigenvalue weighted by Crippen LogP contribution is 2.21. The first-order valence-corrected chi connectivity index (χ1v) is 7.63. The molecule has 0 saturated carbocycles. The van der Waals surface area contributed by atoms with Gasteiger partial charge in [0, 0.05) is 4.47 Å². The maximum atomic E-state index is 11.8. The zero-order valence-electron chi connectivity index (χ0n) is 12.5. The minimum absolute atomic E-state index is 0.0754. The summed E-state index contributed by atoms with van der Waals surface area (Å²) in [6.45, 7) is 3.69. The molecule has 5 heteroatoms. The van der Waals surface area contributed by atoms with Crippen molar-refractivity contribution >= 4 is 27.5 Å². The van der Waals surface area contributed by atoms with Gasteiger partial charge in [0.2, 0.25) is 0 Å². The fourth-order valence-corrected chi connectivity index (χ4v) is 2.32. The number of carbonyl (C=O) groups is 1. The summed E-state index contributed by atoms with van der Waals surface area (Å²) in [5.41, 5.74) is 5.17. The Labute approximate surface area is 138 Å². The van der Waals surface area contributed by atoms with Crippen molar-refractivity contribution in [2.75, 3.05) is 6.61 Å². The van der Waals surface area contributed by atoms with E-state index in [4.69, 9.17) is 4.74 Å². The second kappa shape index (κ2) is 7.75. The monoisotopic (exact) mass is 360 g/mol. The van der Waals surface area contributed by atoms with E-state index in [1.165, 1.54) is 0 Å². The molecule has 0 heterocycles. The maximum Gasteiger partial charge on any atom is 0.277 e. The van der Waals surface area contributed by atoms with Gasteiger partial charge in [-0.2, -0.15) is 5.10 Å². The van der Waals surface area contributed by atoms with E-state index in [1.54, 1.807) is 0 Å². The van der Waals surface area contributed by atoms with Gasteiger partial charge in [0.1, 0.15) is 5.75 Å². The van der Waals surface area contributed by atoms with Crippen molar-refractivity contribution in [2.45, 2.75) is 13.8 Å². The minimum atomic E-state index is -0.294. The van der Waals surface area contributed by atoms with Gasteiger partial charge in [-0.1, -0.05) is 46.3 Å². The van der Waals surface area contributed by atoms with Crippen molar-refractivity contribution in [1.82, 2.24) is 5.43 Å². The Bertz CT molecular complexity index is 684. The number of hydrogen-bond acceptors (Lipinski definition) is 3. The molecule has 1 amide bonds. The van der Waals surface area contributed by atoms with Gasteiger partial charge in [0.05, 0.1) is 5.71 Å². The van der Waals surface area contributed by atoms with Crippen molar-refractivity contribution in [2.24, 2.45) is 5.10 Å². The third-order valence-corrected chi connectivity index (χ3v) is 3.53. The van der Waals surface area contributed by atoms with Gasteiger partial charge in [-0.3, -0.25) is 4.79 Å². The van der Waals surface area contributed by atoms with E-state index in [0.29, 0.717) is 5.75 Å². The number of benzene rings is 2. The van der Waals surface area contributed by atoms with Gasteiger partial charge in [-0.15, -0.1) is 0 Å². The molecule has 0 aliphatic rings. The zero-order valence-corrected chi connectivity index (χ0v) is 14.1. The molecular weight excluding hydrogens is 344 g/mol. The molecule has 0 unspecified atom stereocenters. The SMILES string of the molecule is CC(=NNC(=O)COc1ccc(Br)cc1C)c1ccccc1. The lowest BCUT2D eigenvalue weighted by atomic mass is 10.1. The van der Waals surface area contributed by atoms with Crippen LogP contribution in [0.4, 0.5) is 0 Å². The van der Waals surface area contributed by atoms with Gasteiger partial charge in [-0.05, 0) is 43.2 Å². The number of nitrogens with zero attached hydrogens (tertiary/aromatic N) is 1. The van der Waals surface area contributed by atoms with Gasteiger partial charge in [0.15, 0.2) is 6.61 Å². The van der Waals surface area contributed by atoms with Crippen LogP contribution in [0.3, 0.4) is 0 Å². The van der Waals surface area contributed by atoms with Gasteiger partial charge in [-0.25, -0.2) is 5.43 Å². The zero-order chi connectivity index (χ0) is 15.9. The quantitative estimate of drug-likeness (QED) is 0.653. The van der Waals surface area contributed by atoms with E-state index < -0.39 is 0 Å². The first kappa shape index (κ1) is 16.2. The van der Waals surface area contributed by atoms with Crippen LogP contribution in [0.5, 0.6) is 5.75 Å². The second-order valence-corrected chi connectivity index (χ2v) is 5.71. The Morgan fingerprint density at radius 3 is 2.64 bits per heavy atom. The number of rotatable bonds is 5. The molecule has 0 bridgehead atoms. The third-order valence-electron chi connectivity index (χ3n) is 3.04. The predicted octanol–water partition coefficient (Wildman–Crippen LogP) is 3.68. The molecule has 2 aromatic carbocycles. The summed E-state index contributed by atoms with van der Waals surface area (Å²) in [7, 11) is 0. The lowest BCUT2D eigenvalue weighted by molar-refractivity contribution is -0.123. The van der Waals surface area contributed by atoms with Crippen LogP contribution in [-0.4, -0.2) is 18.2 Å². The van der Waals surface area contributed by atoms with E-state index in [0.717, 1.165) is 21.3 Å². The first-order valence-electron chi connectivity index (χ1n) is 6.84. The lowest BCUT2D eigenvalue weighted by Gasteiger charge is -2.08. The highest BCUT2D eigenvalue weighted by atomic mass is 79.9. The summed E-state index contributed by atoms with van der Waals surface area (Å²) in [5.74, 6) is 0.389. The van der Waals surface area contributed by atoms with Crippen LogP contribution in [0.1, 0.15) is 18.1 Å². The Morgan fingerprint density at radius 2 is 1.95 bits per heavy atom. The van der Waals surface area contributed by atoms with Crippen molar-refractivity contribution in [1.29, 1.82) is 0 Å². The van der Waals surface area contributed by atoms with Crippen LogP contribution >= 0.6 is 15.9 Å². The van der Waals surface area contributed by atoms with E-state index in [9.17, 15) is 4.79 Å². The summed E-state index contributed by atoms with van der Waals surface area (Å²) >= 11 is 3.39. The molecule has 0 aliphatic heterocycles. The van der Waals surface area contributed by atoms with Crippen molar-refractivity contribution in [3.05, 3.63) is 64.1 Å². The summed E-state index contributed by atoms with van der Waals surface area (Å²) in [6.07, 6.45) is 0. The highest BCUT2D eigenvalue weighted by molar-refractivity contribution is 9.10. The Balaban J connectivity index is 1.88. The molecule has 114 valence electrons. The number of nitrogens with one attached hydrogen (secondary N) is 1. The lowest BCUT2D eigenvalue weighted by Crippen LogP contribution is -2.25. The van der Waals surface area contributed by atoms with E-state index in [-0.39, 0.29) is 12.5 Å². The third kappa shape index (κ3) is 4.70. The number of hydrazone groups is 1. The maximum absolute atomic E-state index is 11.8. The molecule has 0 aromatic heterocycles. The summed E-state index contributed by atoms with van der Waals surface area (Å²) in [5, 5.41) is 4.07. The molecule has 0 aliphatic carbocycles. The molecular formula is C17H17BrN2O2. The number of amides is 1. The van der Waals surface area contributed by atoms with E-state index >= 15 is 0 Å². The van der Waals surface area contributed by atoms with Crippen molar-refractivity contribution in [3.63, 3.8) is 0 Å². The summed E-state index contributed by atoms with van der Waals surface area (Å²) < 4.78 is 6.47. The number of ether oxygens (including phenoxy) is 1. The molecule has 4 nitrogen and oxygen atoms in total. The Kier molecular flexibility index (Phi) is 5.72. The summed E-state index contributed by atoms with van der Waals surface area (Å²) in [4.78, 5) is 11.8. The van der Waals surface area contributed by atoms with Crippen LogP contribution in [0.2, 0.25) is 0 Å². The smallest absolute Gasteiger partial charge is 0.277 e. The predicted molar refractivity (Wildman–Crippen MR) is 91.2 cm³/mol. The molecule has 2 rings (SSSR count). The second-order valence-electron chi connectivity index (χ2n) is 4.80. The Morgan fingerprint density at radius 1 is 1.23 bits per heavy atom. The average Bonchev–Trinajstić information content (AvgIpc) is 2.52. The number of hydrogen-bond donors (Lipinski definition) is 1. The van der Waals surface area contributed by atoms with Crippen molar-refractivity contribution < 1.29 is 9.53 Å². The largest absolute Gasteiger partial charge is 0.483 e. The van der Waals surface area contributed by atoms with E-state index in [2.05, 4.69) is 26.5 Å². The fourth-order valence-electron chi connectivity index (χ4n) is 1.84. The molecule has 0 fully saturated rings. The molecule has 0 atom stereocenters. The molecule has 2 aromatic rings. The molecule has 0 spiro atoms. The van der Waals surface area contributed by atoms with Crippen LogP contribution in [0.25, 0.3) is 0 Å². The molecule has 1 N–H and O–H groups in total. The van der Waals surface area contributed by atoms with Crippen LogP contribution < -0.4 is 10.2 Å². The normalized spacial score (nSPS) is 11.1. The highest BCUT2D eigenvalue weighted by Gasteiger charge is 2.05.